The SMILES string of the molecule is O=[N+]([O-])c1ccc(NC(=S)C2=C(N3CCOCC3)C(=Cc3cccc([N+](=O)[O-])c3)CC2)cc1. The zero-order valence-corrected chi connectivity index (χ0v) is 18.5. The molecule has 33 heavy (non-hydrogen) atoms. The summed E-state index contributed by atoms with van der Waals surface area (Å²) >= 11 is 5.72. The van der Waals surface area contributed by atoms with Gasteiger partial charge in [0, 0.05) is 54.3 Å². The number of nitro groups is 2. The molecule has 0 amide bonds. The molecule has 0 atom stereocenters. The quantitative estimate of drug-likeness (QED) is 0.370. The molecule has 4 rings (SSSR count). The van der Waals surface area contributed by atoms with Gasteiger partial charge in [0.25, 0.3) is 11.4 Å². The minimum Gasteiger partial charge on any atom is -0.378 e. The third-order valence-corrected chi connectivity index (χ3v) is 5.94. The molecular formula is C23H22N4O5S. The summed E-state index contributed by atoms with van der Waals surface area (Å²) in [6.07, 6.45) is 3.47. The van der Waals surface area contributed by atoms with Gasteiger partial charge in [0.1, 0.15) is 4.99 Å². The number of anilines is 1. The van der Waals surface area contributed by atoms with Gasteiger partial charge in [0.05, 0.1) is 23.1 Å². The van der Waals surface area contributed by atoms with Gasteiger partial charge in [0.2, 0.25) is 0 Å². The van der Waals surface area contributed by atoms with Crippen LogP contribution in [0.15, 0.2) is 65.4 Å². The lowest BCUT2D eigenvalue weighted by Gasteiger charge is -2.32. The zero-order valence-electron chi connectivity index (χ0n) is 17.7. The molecular weight excluding hydrogens is 444 g/mol. The number of nitro benzene ring substituents is 2. The van der Waals surface area contributed by atoms with Crippen LogP contribution in [0, 0.1) is 20.2 Å². The van der Waals surface area contributed by atoms with Crippen molar-refractivity contribution >= 4 is 40.3 Å². The highest BCUT2D eigenvalue weighted by Gasteiger charge is 2.28. The Labute approximate surface area is 195 Å². The number of morpholine rings is 1. The smallest absolute Gasteiger partial charge is 0.270 e. The summed E-state index contributed by atoms with van der Waals surface area (Å²) in [6, 6.07) is 12.7. The molecule has 0 radical (unpaired) electrons. The highest BCUT2D eigenvalue weighted by Crippen LogP contribution is 2.37. The topological polar surface area (TPSA) is 111 Å². The molecule has 170 valence electrons. The monoisotopic (exact) mass is 466 g/mol. The van der Waals surface area contributed by atoms with Gasteiger partial charge in [-0.2, -0.15) is 0 Å². The maximum atomic E-state index is 11.2. The van der Waals surface area contributed by atoms with Crippen LogP contribution in [0.4, 0.5) is 17.1 Å². The molecule has 2 aliphatic rings. The number of rotatable bonds is 6. The first kappa shape index (κ1) is 22.6. The molecule has 2 aromatic rings. The second-order valence-electron chi connectivity index (χ2n) is 7.71. The van der Waals surface area contributed by atoms with E-state index in [1.165, 1.54) is 18.2 Å². The van der Waals surface area contributed by atoms with Crippen molar-refractivity contribution in [3.63, 3.8) is 0 Å². The van der Waals surface area contributed by atoms with E-state index in [1.807, 2.05) is 12.1 Å². The molecule has 1 aliphatic carbocycles. The molecule has 0 aromatic heterocycles. The number of hydrogen-bond donors (Lipinski definition) is 1. The highest BCUT2D eigenvalue weighted by atomic mass is 32.1. The molecule has 0 bridgehead atoms. The molecule has 0 unspecified atom stereocenters. The van der Waals surface area contributed by atoms with E-state index in [0.717, 1.165) is 48.3 Å². The number of nitrogens with zero attached hydrogens (tertiary/aromatic N) is 3. The maximum absolute atomic E-state index is 11.2. The summed E-state index contributed by atoms with van der Waals surface area (Å²) in [6.45, 7) is 2.68. The highest BCUT2D eigenvalue weighted by molar-refractivity contribution is 7.81. The third-order valence-electron chi connectivity index (χ3n) is 5.59. The first-order valence-electron chi connectivity index (χ1n) is 10.5. The van der Waals surface area contributed by atoms with Gasteiger partial charge in [-0.1, -0.05) is 24.4 Å². The Morgan fingerprint density at radius 1 is 1.00 bits per heavy atom. The summed E-state index contributed by atoms with van der Waals surface area (Å²) in [5, 5.41) is 25.3. The largest absolute Gasteiger partial charge is 0.378 e. The standard InChI is InChI=1S/C23H22N4O5S/c28-26(29)19-7-5-18(6-8-19)24-23(33)21-9-4-17(22(21)25-10-12-32-13-11-25)14-16-2-1-3-20(15-16)27(30)31/h1-3,5-8,14-15H,4,9-13H2,(H,24,33). The molecule has 1 saturated heterocycles. The fourth-order valence-electron chi connectivity index (χ4n) is 4.04. The number of allylic oxidation sites excluding steroid dienone is 1. The summed E-state index contributed by atoms with van der Waals surface area (Å²) in [5.41, 5.74) is 4.60. The Bertz CT molecular complexity index is 1150. The van der Waals surface area contributed by atoms with Crippen molar-refractivity contribution in [2.45, 2.75) is 12.8 Å². The van der Waals surface area contributed by atoms with E-state index in [1.54, 1.807) is 24.3 Å². The van der Waals surface area contributed by atoms with Gasteiger partial charge in [-0.05, 0) is 42.2 Å². The van der Waals surface area contributed by atoms with Crippen LogP contribution in [0.2, 0.25) is 0 Å². The molecule has 10 heteroatoms. The van der Waals surface area contributed by atoms with E-state index >= 15 is 0 Å². The molecule has 1 heterocycles. The lowest BCUT2D eigenvalue weighted by molar-refractivity contribution is -0.385. The van der Waals surface area contributed by atoms with Crippen LogP contribution in [0.1, 0.15) is 18.4 Å². The van der Waals surface area contributed by atoms with Crippen LogP contribution < -0.4 is 5.32 Å². The second kappa shape index (κ2) is 9.88. The fourth-order valence-corrected chi connectivity index (χ4v) is 4.35. The van der Waals surface area contributed by atoms with Crippen LogP contribution in [0.5, 0.6) is 0 Å². The number of hydrogen-bond acceptors (Lipinski definition) is 7. The first-order chi connectivity index (χ1) is 15.9. The van der Waals surface area contributed by atoms with E-state index in [9.17, 15) is 20.2 Å². The summed E-state index contributed by atoms with van der Waals surface area (Å²) in [4.78, 5) is 24.0. The lowest BCUT2D eigenvalue weighted by atomic mass is 10.1. The maximum Gasteiger partial charge on any atom is 0.270 e. The Hall–Kier alpha value is -3.63. The van der Waals surface area contributed by atoms with Gasteiger partial charge < -0.3 is 15.0 Å². The second-order valence-corrected chi connectivity index (χ2v) is 8.11. The third kappa shape index (κ3) is 5.24. The van der Waals surface area contributed by atoms with Gasteiger partial charge in [-0.3, -0.25) is 20.2 Å². The number of benzene rings is 2. The summed E-state index contributed by atoms with van der Waals surface area (Å²) in [7, 11) is 0. The van der Waals surface area contributed by atoms with Gasteiger partial charge in [-0.25, -0.2) is 0 Å². The number of non-ortho nitro benzene ring substituents is 2. The van der Waals surface area contributed by atoms with Crippen LogP contribution in [-0.4, -0.2) is 46.0 Å². The van der Waals surface area contributed by atoms with E-state index in [4.69, 9.17) is 17.0 Å². The molecule has 1 aliphatic heterocycles. The minimum atomic E-state index is -0.441. The molecule has 1 fully saturated rings. The van der Waals surface area contributed by atoms with Crippen molar-refractivity contribution in [3.8, 4) is 0 Å². The Kier molecular flexibility index (Phi) is 6.76. The normalized spacial score (nSPS) is 17.3. The Morgan fingerprint density at radius 2 is 1.70 bits per heavy atom. The first-order valence-corrected chi connectivity index (χ1v) is 10.9. The number of ether oxygens (including phenoxy) is 1. The van der Waals surface area contributed by atoms with Crippen molar-refractivity contribution in [1.82, 2.24) is 4.90 Å². The van der Waals surface area contributed by atoms with E-state index in [-0.39, 0.29) is 11.4 Å². The fraction of sp³-hybridized carbons (Fsp3) is 0.261. The van der Waals surface area contributed by atoms with Crippen molar-refractivity contribution < 1.29 is 14.6 Å². The van der Waals surface area contributed by atoms with E-state index in [2.05, 4.69) is 10.2 Å². The average Bonchev–Trinajstić information content (AvgIpc) is 3.23. The molecule has 0 saturated carbocycles. The van der Waals surface area contributed by atoms with Crippen molar-refractivity contribution in [2.75, 3.05) is 31.6 Å². The Morgan fingerprint density at radius 3 is 2.36 bits per heavy atom. The van der Waals surface area contributed by atoms with Crippen molar-refractivity contribution in [3.05, 3.63) is 91.2 Å². The average molecular weight is 467 g/mol. The Balaban J connectivity index is 1.65. The molecule has 9 nitrogen and oxygen atoms in total. The number of nitrogens with one attached hydrogen (secondary N) is 1. The van der Waals surface area contributed by atoms with Gasteiger partial charge in [-0.15, -0.1) is 0 Å². The lowest BCUT2D eigenvalue weighted by Crippen LogP contribution is -2.36. The van der Waals surface area contributed by atoms with Crippen LogP contribution in [-0.2, 0) is 4.74 Å². The van der Waals surface area contributed by atoms with Crippen LogP contribution in [0.3, 0.4) is 0 Å². The molecule has 0 spiro atoms. The van der Waals surface area contributed by atoms with Gasteiger partial charge >= 0.3 is 0 Å². The number of thiocarbonyl (C=S) groups is 1. The van der Waals surface area contributed by atoms with Crippen molar-refractivity contribution in [1.29, 1.82) is 0 Å². The predicted octanol–water partition coefficient (Wildman–Crippen LogP) is 4.71. The molecule has 1 N–H and O–H groups in total. The molecule has 2 aromatic carbocycles. The van der Waals surface area contributed by atoms with E-state index < -0.39 is 9.85 Å². The predicted molar refractivity (Wildman–Crippen MR) is 129 cm³/mol. The van der Waals surface area contributed by atoms with E-state index in [0.29, 0.717) is 23.9 Å². The van der Waals surface area contributed by atoms with Crippen molar-refractivity contribution in [2.24, 2.45) is 0 Å². The van der Waals surface area contributed by atoms with Crippen LogP contribution in [0.25, 0.3) is 6.08 Å². The summed E-state index contributed by atoms with van der Waals surface area (Å²) < 4.78 is 5.51. The zero-order chi connectivity index (χ0) is 23.4. The summed E-state index contributed by atoms with van der Waals surface area (Å²) in [5.74, 6) is 0. The van der Waals surface area contributed by atoms with Gasteiger partial charge in [0.15, 0.2) is 0 Å². The minimum absolute atomic E-state index is 0.0164. The van der Waals surface area contributed by atoms with Crippen LogP contribution >= 0.6 is 12.2 Å².